The van der Waals surface area contributed by atoms with Gasteiger partial charge in [0.15, 0.2) is 11.5 Å². The monoisotopic (exact) mass is 424 g/mol. The highest BCUT2D eigenvalue weighted by atomic mass is 32.2. The van der Waals surface area contributed by atoms with E-state index in [1.54, 1.807) is 30.3 Å². The molecule has 1 aliphatic rings. The van der Waals surface area contributed by atoms with E-state index >= 15 is 0 Å². The summed E-state index contributed by atoms with van der Waals surface area (Å²) in [6.45, 7) is 1.22. The second-order valence-electron chi connectivity index (χ2n) is 6.66. The van der Waals surface area contributed by atoms with Crippen molar-refractivity contribution in [3.05, 3.63) is 83.9 Å². The molecule has 4 rings (SSSR count). The molecule has 3 aromatic carbocycles. The van der Waals surface area contributed by atoms with Gasteiger partial charge in [0.05, 0.1) is 4.90 Å². The van der Waals surface area contributed by atoms with Gasteiger partial charge in [-0.1, -0.05) is 30.3 Å². The zero-order valence-electron chi connectivity index (χ0n) is 16.0. The maximum Gasteiger partial charge on any atom is 0.262 e. The molecular formula is C22H20N2O5S. The van der Waals surface area contributed by atoms with E-state index in [-0.39, 0.29) is 10.8 Å². The smallest absolute Gasteiger partial charge is 0.262 e. The predicted octanol–water partition coefficient (Wildman–Crippen LogP) is 3.19. The zero-order valence-corrected chi connectivity index (χ0v) is 16.8. The first-order valence-corrected chi connectivity index (χ1v) is 10.8. The molecule has 7 nitrogen and oxygen atoms in total. The molecular weight excluding hydrogens is 404 g/mol. The number of ether oxygens (including phenoxy) is 2. The van der Waals surface area contributed by atoms with Gasteiger partial charge < -0.3 is 14.8 Å². The number of hydrogen-bond donors (Lipinski definition) is 2. The van der Waals surface area contributed by atoms with E-state index in [1.165, 1.54) is 12.1 Å². The van der Waals surface area contributed by atoms with Gasteiger partial charge in [-0.25, -0.2) is 8.42 Å². The summed E-state index contributed by atoms with van der Waals surface area (Å²) < 4.78 is 38.7. The quantitative estimate of drug-likeness (QED) is 0.634. The topological polar surface area (TPSA) is 93.7 Å². The normalized spacial score (nSPS) is 12.8. The molecule has 0 saturated carbocycles. The van der Waals surface area contributed by atoms with Crippen molar-refractivity contribution in [1.82, 2.24) is 5.32 Å². The number of hydrogen-bond acceptors (Lipinski definition) is 5. The largest absolute Gasteiger partial charge is 0.486 e. The second kappa shape index (κ2) is 8.46. The van der Waals surface area contributed by atoms with Crippen molar-refractivity contribution in [3.63, 3.8) is 0 Å². The molecule has 0 atom stereocenters. The van der Waals surface area contributed by atoms with Crippen molar-refractivity contribution in [2.24, 2.45) is 0 Å². The third-order valence-electron chi connectivity index (χ3n) is 4.52. The third kappa shape index (κ3) is 4.55. The van der Waals surface area contributed by atoms with Gasteiger partial charge in [0.25, 0.3) is 15.9 Å². The number of rotatable bonds is 6. The number of fused-ring (bicyclic) bond motifs is 1. The maximum absolute atomic E-state index is 12.7. The van der Waals surface area contributed by atoms with Crippen molar-refractivity contribution >= 4 is 21.6 Å². The number of amides is 1. The number of anilines is 1. The van der Waals surface area contributed by atoms with Crippen LogP contribution >= 0.6 is 0 Å². The Morgan fingerprint density at radius 3 is 2.30 bits per heavy atom. The lowest BCUT2D eigenvalue weighted by Gasteiger charge is -2.19. The van der Waals surface area contributed by atoms with E-state index in [0.717, 1.165) is 5.56 Å². The summed E-state index contributed by atoms with van der Waals surface area (Å²) in [7, 11) is -3.81. The van der Waals surface area contributed by atoms with Crippen LogP contribution in [0.4, 0.5) is 5.69 Å². The SMILES string of the molecule is O=C(NCc1ccccc1)c1ccc(NS(=O)(=O)c2ccc3c(c2)OCCO3)cc1. The predicted molar refractivity (Wildman–Crippen MR) is 112 cm³/mol. The fraction of sp³-hybridized carbons (Fsp3) is 0.136. The fourth-order valence-corrected chi connectivity index (χ4v) is 4.05. The summed E-state index contributed by atoms with van der Waals surface area (Å²) >= 11 is 0. The number of sulfonamides is 1. The first kappa shape index (κ1) is 19.8. The Hall–Kier alpha value is -3.52. The zero-order chi connectivity index (χ0) is 21.0. The molecule has 0 spiro atoms. The molecule has 154 valence electrons. The molecule has 0 radical (unpaired) electrons. The molecule has 1 heterocycles. The average molecular weight is 424 g/mol. The van der Waals surface area contributed by atoms with Crippen LogP contribution in [0.5, 0.6) is 11.5 Å². The molecule has 0 saturated heterocycles. The van der Waals surface area contributed by atoms with Crippen LogP contribution in [0.3, 0.4) is 0 Å². The van der Waals surface area contributed by atoms with Crippen LogP contribution in [-0.2, 0) is 16.6 Å². The van der Waals surface area contributed by atoms with E-state index < -0.39 is 10.0 Å². The van der Waals surface area contributed by atoms with Crippen LogP contribution < -0.4 is 19.5 Å². The van der Waals surface area contributed by atoms with Crippen LogP contribution in [0, 0.1) is 0 Å². The van der Waals surface area contributed by atoms with Crippen LogP contribution in [0.1, 0.15) is 15.9 Å². The van der Waals surface area contributed by atoms with Crippen molar-refractivity contribution in [1.29, 1.82) is 0 Å². The molecule has 1 aliphatic heterocycles. The molecule has 1 amide bonds. The number of nitrogens with one attached hydrogen (secondary N) is 2. The van der Waals surface area contributed by atoms with Gasteiger partial charge in [0.1, 0.15) is 13.2 Å². The first-order valence-electron chi connectivity index (χ1n) is 9.36. The summed E-state index contributed by atoms with van der Waals surface area (Å²) in [5.41, 5.74) is 1.78. The van der Waals surface area contributed by atoms with Gasteiger partial charge in [0.2, 0.25) is 0 Å². The van der Waals surface area contributed by atoms with Crippen LogP contribution in [-0.4, -0.2) is 27.5 Å². The third-order valence-corrected chi connectivity index (χ3v) is 5.90. The summed E-state index contributed by atoms with van der Waals surface area (Å²) in [6, 6.07) is 20.3. The Bertz CT molecular complexity index is 1150. The fourth-order valence-electron chi connectivity index (χ4n) is 2.97. The van der Waals surface area contributed by atoms with Crippen molar-refractivity contribution < 1.29 is 22.7 Å². The van der Waals surface area contributed by atoms with Gasteiger partial charge in [-0.15, -0.1) is 0 Å². The molecule has 0 bridgehead atoms. The molecule has 0 aliphatic carbocycles. The van der Waals surface area contributed by atoms with E-state index in [1.807, 2.05) is 30.3 Å². The highest BCUT2D eigenvalue weighted by Gasteiger charge is 2.19. The van der Waals surface area contributed by atoms with Crippen LogP contribution in [0.25, 0.3) is 0 Å². The highest BCUT2D eigenvalue weighted by Crippen LogP contribution is 2.32. The molecule has 30 heavy (non-hydrogen) atoms. The van der Waals surface area contributed by atoms with E-state index in [0.29, 0.717) is 42.5 Å². The molecule has 3 aromatic rings. The van der Waals surface area contributed by atoms with Gasteiger partial charge in [-0.2, -0.15) is 0 Å². The van der Waals surface area contributed by atoms with Crippen molar-refractivity contribution in [2.45, 2.75) is 11.4 Å². The summed E-state index contributed by atoms with van der Waals surface area (Å²) in [6.07, 6.45) is 0. The molecule has 0 unspecified atom stereocenters. The molecule has 2 N–H and O–H groups in total. The Morgan fingerprint density at radius 1 is 0.867 bits per heavy atom. The van der Waals surface area contributed by atoms with Crippen molar-refractivity contribution in [3.8, 4) is 11.5 Å². The highest BCUT2D eigenvalue weighted by molar-refractivity contribution is 7.92. The van der Waals surface area contributed by atoms with E-state index in [4.69, 9.17) is 9.47 Å². The van der Waals surface area contributed by atoms with Crippen LogP contribution in [0.15, 0.2) is 77.7 Å². The molecule has 0 aromatic heterocycles. The summed E-state index contributed by atoms with van der Waals surface area (Å²) in [5, 5.41) is 2.83. The first-order chi connectivity index (χ1) is 14.5. The lowest BCUT2D eigenvalue weighted by Crippen LogP contribution is -2.22. The summed E-state index contributed by atoms with van der Waals surface area (Å²) in [5.74, 6) is 0.681. The molecule has 0 fully saturated rings. The van der Waals surface area contributed by atoms with Gasteiger partial charge in [0, 0.05) is 23.9 Å². The van der Waals surface area contributed by atoms with Gasteiger partial charge in [-0.05, 0) is 42.0 Å². The Balaban J connectivity index is 1.42. The minimum absolute atomic E-state index is 0.0661. The minimum Gasteiger partial charge on any atom is -0.486 e. The summed E-state index contributed by atoms with van der Waals surface area (Å²) in [4.78, 5) is 12.4. The maximum atomic E-state index is 12.7. The number of carbonyl (C=O) groups is 1. The minimum atomic E-state index is -3.81. The van der Waals surface area contributed by atoms with E-state index in [2.05, 4.69) is 10.0 Å². The Morgan fingerprint density at radius 2 is 1.57 bits per heavy atom. The lowest BCUT2D eigenvalue weighted by atomic mass is 10.2. The van der Waals surface area contributed by atoms with Crippen molar-refractivity contribution in [2.75, 3.05) is 17.9 Å². The van der Waals surface area contributed by atoms with Crippen LogP contribution in [0.2, 0.25) is 0 Å². The lowest BCUT2D eigenvalue weighted by molar-refractivity contribution is 0.0951. The average Bonchev–Trinajstić information content (AvgIpc) is 2.78. The van der Waals surface area contributed by atoms with E-state index in [9.17, 15) is 13.2 Å². The molecule has 8 heteroatoms. The van der Waals surface area contributed by atoms with Gasteiger partial charge in [-0.3, -0.25) is 9.52 Å². The Labute approximate surface area is 174 Å². The standard InChI is InChI=1S/C22H20N2O5S/c25-22(23-15-16-4-2-1-3-5-16)17-6-8-18(9-7-17)24-30(26,27)19-10-11-20-21(14-19)29-13-12-28-20/h1-11,14,24H,12-13,15H2,(H,23,25). The second-order valence-corrected chi connectivity index (χ2v) is 8.34. The number of benzene rings is 3. The Kier molecular flexibility index (Phi) is 5.58. The van der Waals surface area contributed by atoms with Gasteiger partial charge >= 0.3 is 0 Å². The number of carbonyl (C=O) groups excluding carboxylic acids is 1.